The molecule has 0 spiro atoms. The topological polar surface area (TPSA) is 89.0 Å². The molecule has 30 heavy (non-hydrogen) atoms. The van der Waals surface area contributed by atoms with Gasteiger partial charge in [0.05, 0.1) is 18.9 Å². The van der Waals surface area contributed by atoms with Crippen LogP contribution in [-0.2, 0) is 0 Å². The van der Waals surface area contributed by atoms with Crippen LogP contribution in [0.2, 0.25) is 0 Å². The van der Waals surface area contributed by atoms with Gasteiger partial charge in [0, 0.05) is 5.69 Å². The van der Waals surface area contributed by atoms with Gasteiger partial charge >= 0.3 is 12.0 Å². The van der Waals surface area contributed by atoms with Crippen molar-refractivity contribution in [2.75, 3.05) is 12.4 Å². The number of carbonyl (C=O) groups is 2. The molecule has 3 aromatic rings. The molecule has 0 atom stereocenters. The van der Waals surface area contributed by atoms with E-state index in [0.29, 0.717) is 17.0 Å². The van der Waals surface area contributed by atoms with Crippen molar-refractivity contribution in [3.8, 4) is 11.5 Å². The van der Waals surface area contributed by atoms with E-state index in [1.165, 1.54) is 43.7 Å². The fourth-order valence-electron chi connectivity index (χ4n) is 2.44. The average Bonchev–Trinajstić information content (AvgIpc) is 2.75. The van der Waals surface area contributed by atoms with Crippen LogP contribution in [0.25, 0.3) is 0 Å². The molecule has 3 rings (SSSR count). The lowest BCUT2D eigenvalue weighted by Crippen LogP contribution is -2.24. The predicted molar refractivity (Wildman–Crippen MR) is 111 cm³/mol. The molecule has 0 saturated carbocycles. The lowest BCUT2D eigenvalue weighted by atomic mass is 10.2. The molecule has 0 aliphatic heterocycles. The molecule has 0 saturated heterocycles. The van der Waals surface area contributed by atoms with Crippen molar-refractivity contribution >= 4 is 23.9 Å². The Labute approximate surface area is 172 Å². The van der Waals surface area contributed by atoms with Gasteiger partial charge in [-0.3, -0.25) is 0 Å². The molecule has 3 aromatic carbocycles. The van der Waals surface area contributed by atoms with Crippen LogP contribution in [0.15, 0.2) is 77.9 Å². The van der Waals surface area contributed by atoms with E-state index in [-0.39, 0.29) is 11.3 Å². The van der Waals surface area contributed by atoms with Gasteiger partial charge in [0.1, 0.15) is 5.82 Å². The number of hydrogen-bond donors (Lipinski definition) is 2. The van der Waals surface area contributed by atoms with E-state index in [4.69, 9.17) is 9.47 Å². The molecule has 2 amide bonds. The second-order valence-corrected chi connectivity index (χ2v) is 6.00. The second kappa shape index (κ2) is 9.83. The largest absolute Gasteiger partial charge is 0.493 e. The minimum Gasteiger partial charge on any atom is -0.493 e. The van der Waals surface area contributed by atoms with E-state index in [1.807, 2.05) is 6.07 Å². The number of halogens is 1. The van der Waals surface area contributed by atoms with Gasteiger partial charge in [-0.2, -0.15) is 5.10 Å². The van der Waals surface area contributed by atoms with E-state index >= 15 is 0 Å². The summed E-state index contributed by atoms with van der Waals surface area (Å²) in [5, 5.41) is 6.50. The smallest absolute Gasteiger partial charge is 0.343 e. The van der Waals surface area contributed by atoms with Crippen molar-refractivity contribution in [1.29, 1.82) is 0 Å². The first-order chi connectivity index (χ1) is 14.5. The third-order valence-corrected chi connectivity index (χ3v) is 3.88. The minimum absolute atomic E-state index is 0.193. The first-order valence-electron chi connectivity index (χ1n) is 8.86. The Morgan fingerprint density at radius 1 is 0.967 bits per heavy atom. The Morgan fingerprint density at radius 3 is 2.40 bits per heavy atom. The van der Waals surface area contributed by atoms with Gasteiger partial charge in [0.15, 0.2) is 11.5 Å². The Morgan fingerprint density at radius 2 is 1.70 bits per heavy atom. The number of anilines is 1. The highest BCUT2D eigenvalue weighted by Crippen LogP contribution is 2.28. The number of esters is 1. The summed E-state index contributed by atoms with van der Waals surface area (Å²) in [6.07, 6.45) is 1.42. The second-order valence-electron chi connectivity index (χ2n) is 6.00. The van der Waals surface area contributed by atoms with Crippen LogP contribution in [0.4, 0.5) is 14.9 Å². The molecule has 7 nitrogen and oxygen atoms in total. The van der Waals surface area contributed by atoms with Crippen molar-refractivity contribution in [1.82, 2.24) is 5.43 Å². The number of ether oxygens (including phenoxy) is 2. The highest BCUT2D eigenvalue weighted by molar-refractivity contribution is 5.92. The monoisotopic (exact) mass is 407 g/mol. The number of benzene rings is 3. The van der Waals surface area contributed by atoms with Crippen LogP contribution in [0.1, 0.15) is 15.9 Å². The maximum atomic E-state index is 13.0. The molecule has 0 heterocycles. The molecule has 8 heteroatoms. The third kappa shape index (κ3) is 5.65. The molecule has 0 radical (unpaired) electrons. The Hall–Kier alpha value is -4.20. The molecule has 0 unspecified atom stereocenters. The van der Waals surface area contributed by atoms with E-state index < -0.39 is 17.8 Å². The van der Waals surface area contributed by atoms with Crippen molar-refractivity contribution in [3.05, 3.63) is 89.7 Å². The van der Waals surface area contributed by atoms with Crippen LogP contribution in [-0.4, -0.2) is 25.3 Å². The van der Waals surface area contributed by atoms with Gasteiger partial charge in [0.2, 0.25) is 0 Å². The summed E-state index contributed by atoms with van der Waals surface area (Å²) >= 11 is 0. The molecule has 0 aliphatic rings. The number of carbonyl (C=O) groups excluding carboxylic acids is 2. The van der Waals surface area contributed by atoms with Gasteiger partial charge < -0.3 is 14.8 Å². The predicted octanol–water partition coefficient (Wildman–Crippen LogP) is 4.21. The highest BCUT2D eigenvalue weighted by atomic mass is 19.1. The zero-order valence-electron chi connectivity index (χ0n) is 16.0. The van der Waals surface area contributed by atoms with E-state index in [2.05, 4.69) is 15.8 Å². The molecular weight excluding hydrogens is 389 g/mol. The summed E-state index contributed by atoms with van der Waals surface area (Å²) in [5.41, 5.74) is 3.80. The van der Waals surface area contributed by atoms with Crippen molar-refractivity contribution in [2.45, 2.75) is 0 Å². The van der Waals surface area contributed by atoms with E-state index in [9.17, 15) is 14.0 Å². The van der Waals surface area contributed by atoms with Crippen molar-refractivity contribution in [2.24, 2.45) is 5.10 Å². The SMILES string of the molecule is COc1cc(/C=N/NC(=O)Nc2ccccc2)ccc1OC(=O)c1ccc(F)cc1. The van der Waals surface area contributed by atoms with Gasteiger partial charge in [-0.25, -0.2) is 19.4 Å². The molecule has 152 valence electrons. The van der Waals surface area contributed by atoms with Crippen molar-refractivity contribution < 1.29 is 23.5 Å². The van der Waals surface area contributed by atoms with Crippen LogP contribution in [0.3, 0.4) is 0 Å². The maximum Gasteiger partial charge on any atom is 0.343 e. The Bertz CT molecular complexity index is 1050. The average molecular weight is 407 g/mol. The summed E-state index contributed by atoms with van der Waals surface area (Å²) in [4.78, 5) is 24.0. The van der Waals surface area contributed by atoms with Gasteiger partial charge in [-0.05, 0) is 60.2 Å². The van der Waals surface area contributed by atoms with Crippen LogP contribution in [0.5, 0.6) is 11.5 Å². The number of nitrogens with one attached hydrogen (secondary N) is 2. The first-order valence-corrected chi connectivity index (χ1v) is 8.86. The molecule has 0 fully saturated rings. The maximum absolute atomic E-state index is 13.0. The van der Waals surface area contributed by atoms with Crippen LogP contribution < -0.4 is 20.2 Å². The summed E-state index contributed by atoms with van der Waals surface area (Å²) < 4.78 is 23.6. The zero-order chi connectivity index (χ0) is 21.3. The normalized spacial score (nSPS) is 10.5. The lowest BCUT2D eigenvalue weighted by molar-refractivity contribution is 0.0729. The summed E-state index contributed by atoms with van der Waals surface area (Å²) in [5.74, 6) is -0.602. The fourth-order valence-corrected chi connectivity index (χ4v) is 2.44. The number of hydrogen-bond acceptors (Lipinski definition) is 5. The van der Waals surface area contributed by atoms with Crippen LogP contribution >= 0.6 is 0 Å². The Balaban J connectivity index is 1.62. The van der Waals surface area contributed by atoms with Crippen LogP contribution in [0, 0.1) is 5.82 Å². The molecular formula is C22H18FN3O4. The van der Waals surface area contributed by atoms with Gasteiger partial charge in [-0.15, -0.1) is 0 Å². The third-order valence-electron chi connectivity index (χ3n) is 3.88. The quantitative estimate of drug-likeness (QED) is 0.277. The number of rotatable bonds is 6. The molecule has 0 aromatic heterocycles. The number of amides is 2. The number of hydrazone groups is 1. The summed E-state index contributed by atoms with van der Waals surface area (Å²) in [7, 11) is 1.43. The number of nitrogens with zero attached hydrogens (tertiary/aromatic N) is 1. The summed E-state index contributed by atoms with van der Waals surface area (Å²) in [6.45, 7) is 0. The number of urea groups is 1. The van der Waals surface area contributed by atoms with Gasteiger partial charge in [-0.1, -0.05) is 18.2 Å². The molecule has 2 N–H and O–H groups in total. The fraction of sp³-hybridized carbons (Fsp3) is 0.0455. The number of methoxy groups -OCH3 is 1. The molecule has 0 aliphatic carbocycles. The Kier molecular flexibility index (Phi) is 6.73. The standard InChI is InChI=1S/C22H18FN3O4/c1-29-20-13-15(14-24-26-22(28)25-18-5-3-2-4-6-18)7-12-19(20)30-21(27)16-8-10-17(23)11-9-16/h2-14H,1H3,(H2,25,26,28)/b24-14+. The number of para-hydroxylation sites is 1. The first kappa shape index (κ1) is 20.5. The molecule has 0 bridgehead atoms. The highest BCUT2D eigenvalue weighted by Gasteiger charge is 2.13. The van der Waals surface area contributed by atoms with Crippen molar-refractivity contribution in [3.63, 3.8) is 0 Å². The van der Waals surface area contributed by atoms with Gasteiger partial charge in [0.25, 0.3) is 0 Å². The van der Waals surface area contributed by atoms with E-state index in [1.54, 1.807) is 36.4 Å². The summed E-state index contributed by atoms with van der Waals surface area (Å²) in [6, 6.07) is 18.2. The zero-order valence-corrected chi connectivity index (χ0v) is 16.0. The lowest BCUT2D eigenvalue weighted by Gasteiger charge is -2.10. The van der Waals surface area contributed by atoms with E-state index in [0.717, 1.165) is 0 Å². The minimum atomic E-state index is -0.644.